The molecular weight excluding hydrogens is 192 g/mol. The Kier molecular flexibility index (Phi) is 2.90. The molecule has 1 heterocycles. The fourth-order valence-corrected chi connectivity index (χ4v) is 1.87. The third kappa shape index (κ3) is 2.49. The Morgan fingerprint density at radius 3 is 3.07 bits per heavy atom. The molecule has 2 rings (SSSR count). The van der Waals surface area contributed by atoms with Gasteiger partial charge in [0, 0.05) is 6.42 Å². The van der Waals surface area contributed by atoms with Gasteiger partial charge in [-0.2, -0.15) is 0 Å². The maximum atomic E-state index is 10.4. The average Bonchev–Trinajstić information content (AvgIpc) is 2.26. The van der Waals surface area contributed by atoms with Crippen molar-refractivity contribution in [3.05, 3.63) is 29.8 Å². The highest BCUT2D eigenvalue weighted by molar-refractivity contribution is 5.66. The Morgan fingerprint density at radius 2 is 2.27 bits per heavy atom. The number of rotatable bonds is 3. The van der Waals surface area contributed by atoms with E-state index in [1.165, 1.54) is 5.56 Å². The van der Waals surface area contributed by atoms with Crippen LogP contribution < -0.4 is 4.74 Å². The number of fused-ring (bicyclic) bond motifs is 1. The van der Waals surface area contributed by atoms with Crippen LogP contribution >= 0.6 is 0 Å². The van der Waals surface area contributed by atoms with Gasteiger partial charge >= 0.3 is 5.97 Å². The van der Waals surface area contributed by atoms with Crippen LogP contribution in [0.5, 0.6) is 5.75 Å². The molecule has 0 unspecified atom stereocenters. The fraction of sp³-hybridized carbons (Fsp3) is 0.417. The first-order valence-corrected chi connectivity index (χ1v) is 5.22. The number of carboxylic acid groups (broad SMARTS) is 1. The van der Waals surface area contributed by atoms with Gasteiger partial charge < -0.3 is 9.84 Å². The lowest BCUT2D eigenvalue weighted by atomic mass is 10.00. The smallest absolute Gasteiger partial charge is 0.303 e. The maximum Gasteiger partial charge on any atom is 0.303 e. The van der Waals surface area contributed by atoms with Gasteiger partial charge in [0.25, 0.3) is 0 Å². The molecule has 1 atom stereocenters. The van der Waals surface area contributed by atoms with Crippen LogP contribution in [0.1, 0.15) is 24.8 Å². The van der Waals surface area contributed by atoms with E-state index in [-0.39, 0.29) is 12.5 Å². The highest BCUT2D eigenvalue weighted by Crippen LogP contribution is 2.28. The van der Waals surface area contributed by atoms with Crippen molar-refractivity contribution in [2.75, 3.05) is 0 Å². The predicted molar refractivity (Wildman–Crippen MR) is 56.0 cm³/mol. The summed E-state index contributed by atoms with van der Waals surface area (Å²) in [5, 5.41) is 8.58. The topological polar surface area (TPSA) is 46.5 Å². The van der Waals surface area contributed by atoms with Crippen molar-refractivity contribution in [2.24, 2.45) is 0 Å². The molecule has 0 saturated carbocycles. The number of hydrogen-bond acceptors (Lipinski definition) is 2. The molecule has 0 amide bonds. The fourth-order valence-electron chi connectivity index (χ4n) is 1.87. The predicted octanol–water partition coefficient (Wildman–Crippen LogP) is 2.25. The van der Waals surface area contributed by atoms with Crippen LogP contribution in [0.2, 0.25) is 0 Å². The van der Waals surface area contributed by atoms with Gasteiger partial charge in [-0.05, 0) is 30.9 Å². The van der Waals surface area contributed by atoms with Gasteiger partial charge in [0.05, 0.1) is 6.10 Å². The van der Waals surface area contributed by atoms with Gasteiger partial charge in [0.1, 0.15) is 5.75 Å². The van der Waals surface area contributed by atoms with Crippen LogP contribution in [0.15, 0.2) is 24.3 Å². The van der Waals surface area contributed by atoms with E-state index in [9.17, 15) is 4.79 Å². The number of para-hydroxylation sites is 1. The van der Waals surface area contributed by atoms with E-state index in [0.29, 0.717) is 6.42 Å². The maximum absolute atomic E-state index is 10.4. The summed E-state index contributed by atoms with van der Waals surface area (Å²) < 4.78 is 5.72. The minimum Gasteiger partial charge on any atom is -0.490 e. The summed E-state index contributed by atoms with van der Waals surface area (Å²) >= 11 is 0. The van der Waals surface area contributed by atoms with Gasteiger partial charge in [-0.15, -0.1) is 0 Å². The zero-order valence-electron chi connectivity index (χ0n) is 8.48. The van der Waals surface area contributed by atoms with Crippen LogP contribution in [0.3, 0.4) is 0 Å². The number of carboxylic acids is 1. The minimum atomic E-state index is -0.752. The number of aryl methyl sites for hydroxylation is 1. The quantitative estimate of drug-likeness (QED) is 0.825. The highest BCUT2D eigenvalue weighted by Gasteiger charge is 2.19. The van der Waals surface area contributed by atoms with Gasteiger partial charge in [0.15, 0.2) is 0 Å². The minimum absolute atomic E-state index is 0.0657. The third-order valence-electron chi connectivity index (χ3n) is 2.68. The monoisotopic (exact) mass is 206 g/mol. The van der Waals surface area contributed by atoms with Crippen molar-refractivity contribution in [1.82, 2.24) is 0 Å². The molecule has 0 radical (unpaired) electrons. The van der Waals surface area contributed by atoms with Gasteiger partial charge in [-0.3, -0.25) is 4.79 Å². The standard InChI is InChI=1S/C12H14O3/c13-12(14)8-7-10-6-5-9-3-1-2-4-11(9)15-10/h1-4,10H,5-8H2,(H,13,14)/t10-/m1/s1. The Morgan fingerprint density at radius 1 is 1.47 bits per heavy atom. The molecule has 1 aliphatic rings. The van der Waals surface area contributed by atoms with Crippen molar-refractivity contribution >= 4 is 5.97 Å². The molecule has 1 aromatic rings. The first kappa shape index (κ1) is 10.0. The number of carbonyl (C=O) groups is 1. The normalized spacial score (nSPS) is 19.1. The molecular formula is C12H14O3. The van der Waals surface area contributed by atoms with Crippen LogP contribution in [-0.2, 0) is 11.2 Å². The summed E-state index contributed by atoms with van der Waals surface area (Å²) in [5.41, 5.74) is 1.23. The zero-order chi connectivity index (χ0) is 10.7. The molecule has 3 heteroatoms. The van der Waals surface area contributed by atoms with Crippen LogP contribution in [0, 0.1) is 0 Å². The SMILES string of the molecule is O=C(O)CC[C@H]1CCc2ccccc2O1. The molecule has 1 aliphatic heterocycles. The van der Waals surface area contributed by atoms with Crippen molar-refractivity contribution < 1.29 is 14.6 Å². The van der Waals surface area contributed by atoms with Gasteiger partial charge in [-0.25, -0.2) is 0 Å². The molecule has 0 spiro atoms. The molecule has 0 fully saturated rings. The van der Waals surface area contributed by atoms with Crippen LogP contribution in [0.25, 0.3) is 0 Å². The number of benzene rings is 1. The molecule has 1 aromatic carbocycles. The van der Waals surface area contributed by atoms with E-state index in [4.69, 9.17) is 9.84 Å². The van der Waals surface area contributed by atoms with Crippen molar-refractivity contribution in [3.8, 4) is 5.75 Å². The Bertz CT molecular complexity index is 360. The molecule has 0 aliphatic carbocycles. The highest BCUT2D eigenvalue weighted by atomic mass is 16.5. The molecule has 80 valence electrons. The molecule has 0 saturated heterocycles. The summed E-state index contributed by atoms with van der Waals surface area (Å²) in [6.45, 7) is 0. The Hall–Kier alpha value is -1.51. The van der Waals surface area contributed by atoms with E-state index in [0.717, 1.165) is 18.6 Å². The second kappa shape index (κ2) is 4.34. The number of ether oxygens (including phenoxy) is 1. The summed E-state index contributed by atoms with van der Waals surface area (Å²) in [6.07, 6.45) is 2.76. The van der Waals surface area contributed by atoms with Crippen LogP contribution in [0.4, 0.5) is 0 Å². The molecule has 15 heavy (non-hydrogen) atoms. The first-order chi connectivity index (χ1) is 7.25. The van der Waals surface area contributed by atoms with Gasteiger partial charge in [-0.1, -0.05) is 18.2 Å². The van der Waals surface area contributed by atoms with E-state index in [1.807, 2.05) is 18.2 Å². The molecule has 0 aromatic heterocycles. The van der Waals surface area contributed by atoms with Crippen molar-refractivity contribution in [1.29, 1.82) is 0 Å². The second-order valence-electron chi connectivity index (χ2n) is 3.82. The summed E-state index contributed by atoms with van der Waals surface area (Å²) in [5.74, 6) is 0.164. The molecule has 0 bridgehead atoms. The summed E-state index contributed by atoms with van der Waals surface area (Å²) in [6, 6.07) is 7.95. The summed E-state index contributed by atoms with van der Waals surface area (Å²) in [4.78, 5) is 10.4. The largest absolute Gasteiger partial charge is 0.490 e. The first-order valence-electron chi connectivity index (χ1n) is 5.22. The number of aliphatic carboxylic acids is 1. The van der Waals surface area contributed by atoms with E-state index in [1.54, 1.807) is 0 Å². The van der Waals surface area contributed by atoms with Crippen LogP contribution in [-0.4, -0.2) is 17.2 Å². The Labute approximate surface area is 88.7 Å². The lowest BCUT2D eigenvalue weighted by molar-refractivity contribution is -0.137. The average molecular weight is 206 g/mol. The van der Waals surface area contributed by atoms with E-state index < -0.39 is 5.97 Å². The summed E-state index contributed by atoms with van der Waals surface area (Å²) in [7, 11) is 0. The lowest BCUT2D eigenvalue weighted by Gasteiger charge is -2.25. The molecule has 1 N–H and O–H groups in total. The zero-order valence-corrected chi connectivity index (χ0v) is 8.48. The third-order valence-corrected chi connectivity index (χ3v) is 2.68. The second-order valence-corrected chi connectivity index (χ2v) is 3.82. The Balaban J connectivity index is 1.96. The van der Waals surface area contributed by atoms with Crippen molar-refractivity contribution in [3.63, 3.8) is 0 Å². The van der Waals surface area contributed by atoms with E-state index in [2.05, 4.69) is 6.07 Å². The number of hydrogen-bond donors (Lipinski definition) is 1. The molecule has 3 nitrogen and oxygen atoms in total. The van der Waals surface area contributed by atoms with Gasteiger partial charge in [0.2, 0.25) is 0 Å². The van der Waals surface area contributed by atoms with Crippen molar-refractivity contribution in [2.45, 2.75) is 31.8 Å². The lowest BCUT2D eigenvalue weighted by Crippen LogP contribution is -2.23. The van der Waals surface area contributed by atoms with E-state index >= 15 is 0 Å².